The molecule has 0 aliphatic carbocycles. The quantitative estimate of drug-likeness (QED) is 0.928. The third kappa shape index (κ3) is 4.23. The van der Waals surface area contributed by atoms with Gasteiger partial charge < -0.3 is 9.84 Å². The number of nitrogens with zero attached hydrogens (tertiary/aromatic N) is 1. The Hall–Kier alpha value is -2.04. The molecule has 1 aromatic rings. The van der Waals surface area contributed by atoms with Gasteiger partial charge in [-0.05, 0) is 51.2 Å². The molecular formula is C17H23NO4. The predicted octanol–water partition coefficient (Wildman–Crippen LogP) is 3.47. The summed E-state index contributed by atoms with van der Waals surface area (Å²) >= 11 is 0. The van der Waals surface area contributed by atoms with Crippen molar-refractivity contribution in [2.45, 2.75) is 45.6 Å². The number of benzene rings is 1. The number of amides is 1. The number of aliphatic carboxylic acids is 1. The number of rotatable bonds is 3. The summed E-state index contributed by atoms with van der Waals surface area (Å²) in [6.07, 6.45) is 1.10. The molecule has 1 amide bonds. The van der Waals surface area contributed by atoms with Crippen LogP contribution in [-0.2, 0) is 16.0 Å². The highest BCUT2D eigenvalue weighted by molar-refractivity contribution is 5.89. The van der Waals surface area contributed by atoms with Crippen molar-refractivity contribution in [2.24, 2.45) is 5.92 Å². The van der Waals surface area contributed by atoms with E-state index in [9.17, 15) is 9.59 Å². The molecule has 0 saturated carbocycles. The lowest BCUT2D eigenvalue weighted by Crippen LogP contribution is -2.43. The van der Waals surface area contributed by atoms with E-state index in [1.807, 2.05) is 45.0 Å². The lowest BCUT2D eigenvalue weighted by molar-refractivity contribution is -0.137. The Morgan fingerprint density at radius 1 is 1.32 bits per heavy atom. The van der Waals surface area contributed by atoms with Crippen LogP contribution in [0.2, 0.25) is 0 Å². The number of carboxylic acids is 1. The van der Waals surface area contributed by atoms with Crippen molar-refractivity contribution in [1.29, 1.82) is 0 Å². The SMILES string of the molecule is CC(C)(C)OC(=O)N1CC(CCC(=O)O)Cc2ccccc21. The number of carboxylic acid groups (broad SMARTS) is 1. The zero-order chi connectivity index (χ0) is 16.3. The van der Waals surface area contributed by atoms with E-state index in [0.29, 0.717) is 13.0 Å². The summed E-state index contributed by atoms with van der Waals surface area (Å²) in [5.41, 5.74) is 1.37. The summed E-state index contributed by atoms with van der Waals surface area (Å²) in [5.74, 6) is -0.666. The molecule has 1 aromatic carbocycles. The monoisotopic (exact) mass is 305 g/mol. The van der Waals surface area contributed by atoms with E-state index in [1.165, 1.54) is 0 Å². The first-order valence-corrected chi connectivity index (χ1v) is 7.56. The van der Waals surface area contributed by atoms with Crippen LogP contribution in [0.25, 0.3) is 0 Å². The molecule has 1 atom stereocenters. The first-order chi connectivity index (χ1) is 10.3. The Morgan fingerprint density at radius 2 is 2.00 bits per heavy atom. The molecule has 1 aliphatic heterocycles. The number of hydrogen-bond acceptors (Lipinski definition) is 3. The smallest absolute Gasteiger partial charge is 0.414 e. The minimum Gasteiger partial charge on any atom is -0.481 e. The number of para-hydroxylation sites is 1. The number of fused-ring (bicyclic) bond motifs is 1. The molecule has 2 rings (SSSR count). The fourth-order valence-corrected chi connectivity index (χ4v) is 2.69. The molecule has 0 spiro atoms. The number of ether oxygens (including phenoxy) is 1. The number of anilines is 1. The van der Waals surface area contributed by atoms with Gasteiger partial charge >= 0.3 is 12.1 Å². The molecule has 0 saturated heterocycles. The zero-order valence-corrected chi connectivity index (χ0v) is 13.3. The number of hydrogen-bond donors (Lipinski definition) is 1. The van der Waals surface area contributed by atoms with Crippen LogP contribution >= 0.6 is 0 Å². The van der Waals surface area contributed by atoms with E-state index in [4.69, 9.17) is 9.84 Å². The molecule has 1 aliphatic rings. The molecule has 1 unspecified atom stereocenters. The van der Waals surface area contributed by atoms with Gasteiger partial charge in [-0.25, -0.2) is 4.79 Å². The summed E-state index contributed by atoms with van der Waals surface area (Å²) in [5, 5.41) is 8.86. The van der Waals surface area contributed by atoms with E-state index < -0.39 is 11.6 Å². The van der Waals surface area contributed by atoms with Crippen molar-refractivity contribution in [1.82, 2.24) is 0 Å². The van der Waals surface area contributed by atoms with E-state index in [-0.39, 0.29) is 18.4 Å². The van der Waals surface area contributed by atoms with Gasteiger partial charge in [-0.3, -0.25) is 9.69 Å². The van der Waals surface area contributed by atoms with Crippen LogP contribution in [0.15, 0.2) is 24.3 Å². The van der Waals surface area contributed by atoms with Gasteiger partial charge in [0.05, 0.1) is 5.69 Å². The number of carbonyl (C=O) groups is 2. The third-order valence-electron chi connectivity index (χ3n) is 3.61. The maximum Gasteiger partial charge on any atom is 0.414 e. The maximum atomic E-state index is 12.4. The topological polar surface area (TPSA) is 66.8 Å². The van der Waals surface area contributed by atoms with Gasteiger partial charge in [0.25, 0.3) is 0 Å². The van der Waals surface area contributed by atoms with E-state index in [2.05, 4.69) is 0 Å². The van der Waals surface area contributed by atoms with Crippen LogP contribution in [0.4, 0.5) is 10.5 Å². The largest absolute Gasteiger partial charge is 0.481 e. The fourth-order valence-electron chi connectivity index (χ4n) is 2.69. The molecule has 22 heavy (non-hydrogen) atoms. The van der Waals surface area contributed by atoms with Crippen molar-refractivity contribution in [3.63, 3.8) is 0 Å². The van der Waals surface area contributed by atoms with Crippen molar-refractivity contribution in [3.8, 4) is 0 Å². The van der Waals surface area contributed by atoms with Crippen molar-refractivity contribution >= 4 is 17.7 Å². The molecule has 120 valence electrons. The minimum atomic E-state index is -0.803. The van der Waals surface area contributed by atoms with Gasteiger partial charge in [-0.1, -0.05) is 18.2 Å². The van der Waals surface area contributed by atoms with Crippen LogP contribution < -0.4 is 4.90 Å². The Balaban J connectivity index is 2.19. The van der Waals surface area contributed by atoms with Crippen molar-refractivity contribution < 1.29 is 19.4 Å². The molecule has 1 N–H and O–H groups in total. The summed E-state index contributed by atoms with van der Waals surface area (Å²) < 4.78 is 5.48. The van der Waals surface area contributed by atoms with Crippen LogP contribution in [0.1, 0.15) is 39.2 Å². The zero-order valence-electron chi connectivity index (χ0n) is 13.3. The van der Waals surface area contributed by atoms with E-state index in [1.54, 1.807) is 4.90 Å². The summed E-state index contributed by atoms with van der Waals surface area (Å²) in [6.45, 7) is 6.01. The molecule has 5 nitrogen and oxygen atoms in total. The van der Waals surface area contributed by atoms with Gasteiger partial charge in [0.15, 0.2) is 0 Å². The summed E-state index contributed by atoms with van der Waals surface area (Å²) in [7, 11) is 0. The van der Waals surface area contributed by atoms with Crippen LogP contribution in [0.3, 0.4) is 0 Å². The Morgan fingerprint density at radius 3 is 2.64 bits per heavy atom. The second-order valence-corrected chi connectivity index (χ2v) is 6.72. The number of carbonyl (C=O) groups excluding carboxylic acids is 1. The lowest BCUT2D eigenvalue weighted by Gasteiger charge is -2.35. The second kappa shape index (κ2) is 6.38. The van der Waals surface area contributed by atoms with Crippen LogP contribution in [0.5, 0.6) is 0 Å². The standard InChI is InChI=1S/C17H23NO4/c1-17(2,3)22-16(21)18-11-12(8-9-15(19)20)10-13-6-4-5-7-14(13)18/h4-7,12H,8-11H2,1-3H3,(H,19,20). The maximum absolute atomic E-state index is 12.4. The summed E-state index contributed by atoms with van der Waals surface area (Å²) in [4.78, 5) is 24.9. The Bertz CT molecular complexity index is 562. The van der Waals surface area contributed by atoms with Gasteiger partial charge in [-0.15, -0.1) is 0 Å². The van der Waals surface area contributed by atoms with Crippen molar-refractivity contribution in [3.05, 3.63) is 29.8 Å². The van der Waals surface area contributed by atoms with Gasteiger partial charge in [0.2, 0.25) is 0 Å². The second-order valence-electron chi connectivity index (χ2n) is 6.72. The van der Waals surface area contributed by atoms with E-state index >= 15 is 0 Å². The van der Waals surface area contributed by atoms with Crippen LogP contribution in [-0.4, -0.2) is 29.3 Å². The molecule has 5 heteroatoms. The molecule has 1 heterocycles. The van der Waals surface area contributed by atoms with Gasteiger partial charge in [-0.2, -0.15) is 0 Å². The molecule has 0 aromatic heterocycles. The highest BCUT2D eigenvalue weighted by Crippen LogP contribution is 2.32. The average Bonchev–Trinajstić information content (AvgIpc) is 2.42. The molecule has 0 radical (unpaired) electrons. The lowest BCUT2D eigenvalue weighted by atomic mass is 9.89. The Labute approximate surface area is 130 Å². The van der Waals surface area contributed by atoms with Crippen molar-refractivity contribution in [2.75, 3.05) is 11.4 Å². The Kier molecular flexibility index (Phi) is 4.74. The first kappa shape index (κ1) is 16.3. The predicted molar refractivity (Wildman–Crippen MR) is 84.1 cm³/mol. The van der Waals surface area contributed by atoms with Gasteiger partial charge in [0.1, 0.15) is 5.60 Å². The molecule has 0 fully saturated rings. The molecule has 0 bridgehead atoms. The van der Waals surface area contributed by atoms with Gasteiger partial charge in [0, 0.05) is 13.0 Å². The highest BCUT2D eigenvalue weighted by atomic mass is 16.6. The third-order valence-corrected chi connectivity index (χ3v) is 3.61. The highest BCUT2D eigenvalue weighted by Gasteiger charge is 2.31. The minimum absolute atomic E-state index is 0.120. The van der Waals surface area contributed by atoms with E-state index in [0.717, 1.165) is 17.7 Å². The normalized spacial score (nSPS) is 17.8. The summed E-state index contributed by atoms with van der Waals surface area (Å²) in [6, 6.07) is 7.73. The first-order valence-electron chi connectivity index (χ1n) is 7.56. The average molecular weight is 305 g/mol. The molecular weight excluding hydrogens is 282 g/mol. The van der Waals surface area contributed by atoms with Crippen LogP contribution in [0, 0.1) is 5.92 Å². The fraction of sp³-hybridized carbons (Fsp3) is 0.529.